The Labute approximate surface area is 119 Å². The van der Waals surface area contributed by atoms with E-state index in [0.29, 0.717) is 0 Å². The van der Waals surface area contributed by atoms with Crippen LogP contribution in [-0.2, 0) is 12.8 Å². The fraction of sp³-hybridized carbons (Fsp3) is 0.412. The van der Waals surface area contributed by atoms with Gasteiger partial charge in [-0.25, -0.2) is 4.98 Å². The summed E-state index contributed by atoms with van der Waals surface area (Å²) in [5, 5.41) is 0. The van der Waals surface area contributed by atoms with Crippen molar-refractivity contribution in [3.63, 3.8) is 0 Å². The molecule has 0 bridgehead atoms. The van der Waals surface area contributed by atoms with E-state index in [1.54, 1.807) is 0 Å². The highest BCUT2D eigenvalue weighted by molar-refractivity contribution is 5.64. The molecular weight excluding hydrogens is 248 g/mol. The summed E-state index contributed by atoms with van der Waals surface area (Å²) in [5.74, 6) is 0.728. The first kappa shape index (κ1) is 13.1. The molecule has 20 heavy (non-hydrogen) atoms. The predicted molar refractivity (Wildman–Crippen MR) is 81.0 cm³/mol. The molecule has 1 heterocycles. The zero-order valence-electron chi connectivity index (χ0n) is 12.1. The first-order chi connectivity index (χ1) is 9.66. The number of fused-ring (bicyclic) bond motifs is 1. The van der Waals surface area contributed by atoms with Crippen molar-refractivity contribution in [3.8, 4) is 11.4 Å². The van der Waals surface area contributed by atoms with E-state index >= 15 is 0 Å². The van der Waals surface area contributed by atoms with Crippen molar-refractivity contribution in [1.82, 2.24) is 9.97 Å². The minimum Gasteiger partial charge on any atom is -0.306 e. The molecule has 0 radical (unpaired) electrons. The van der Waals surface area contributed by atoms with Crippen LogP contribution in [0.4, 0.5) is 0 Å². The molecule has 0 spiro atoms. The second-order valence-electron chi connectivity index (χ2n) is 5.67. The first-order valence-electron chi connectivity index (χ1n) is 7.35. The minimum atomic E-state index is 0.0505. The van der Waals surface area contributed by atoms with Crippen LogP contribution in [0, 0.1) is 13.8 Å². The highest BCUT2D eigenvalue weighted by Gasteiger charge is 2.16. The van der Waals surface area contributed by atoms with E-state index in [4.69, 9.17) is 4.98 Å². The summed E-state index contributed by atoms with van der Waals surface area (Å²) in [6.45, 7) is 4.13. The zero-order chi connectivity index (χ0) is 14.1. The molecule has 0 fully saturated rings. The summed E-state index contributed by atoms with van der Waals surface area (Å²) in [6, 6.07) is 6.16. The van der Waals surface area contributed by atoms with E-state index in [-0.39, 0.29) is 5.56 Å². The molecule has 104 valence electrons. The van der Waals surface area contributed by atoms with Crippen molar-refractivity contribution in [3.05, 3.63) is 50.9 Å². The molecule has 0 amide bonds. The molecule has 1 aliphatic carbocycles. The maximum Gasteiger partial charge on any atom is 0.254 e. The second-order valence-corrected chi connectivity index (χ2v) is 5.67. The van der Waals surface area contributed by atoms with Gasteiger partial charge in [-0.2, -0.15) is 0 Å². The van der Waals surface area contributed by atoms with Gasteiger partial charge in [0, 0.05) is 11.1 Å². The van der Waals surface area contributed by atoms with Gasteiger partial charge in [-0.3, -0.25) is 4.79 Å². The van der Waals surface area contributed by atoms with E-state index in [0.717, 1.165) is 59.5 Å². The van der Waals surface area contributed by atoms with E-state index in [9.17, 15) is 4.79 Å². The molecule has 1 N–H and O–H groups in total. The van der Waals surface area contributed by atoms with Gasteiger partial charge in [0.2, 0.25) is 0 Å². The van der Waals surface area contributed by atoms with Crippen LogP contribution < -0.4 is 5.56 Å². The van der Waals surface area contributed by atoms with E-state index < -0.39 is 0 Å². The topological polar surface area (TPSA) is 45.8 Å². The van der Waals surface area contributed by atoms with Crippen molar-refractivity contribution in [2.24, 2.45) is 0 Å². The van der Waals surface area contributed by atoms with Crippen LogP contribution in [0.5, 0.6) is 0 Å². The summed E-state index contributed by atoms with van der Waals surface area (Å²) >= 11 is 0. The Morgan fingerprint density at radius 1 is 1.05 bits per heavy atom. The van der Waals surface area contributed by atoms with Crippen molar-refractivity contribution < 1.29 is 0 Å². The fourth-order valence-corrected chi connectivity index (χ4v) is 3.09. The smallest absolute Gasteiger partial charge is 0.254 e. The third kappa shape index (κ3) is 2.28. The number of rotatable bonds is 1. The number of H-pyrrole nitrogens is 1. The molecule has 1 aliphatic rings. The minimum absolute atomic E-state index is 0.0505. The fourth-order valence-electron chi connectivity index (χ4n) is 3.09. The maximum absolute atomic E-state index is 12.3. The quantitative estimate of drug-likeness (QED) is 0.806. The van der Waals surface area contributed by atoms with Gasteiger partial charge in [0.05, 0.1) is 5.69 Å². The van der Waals surface area contributed by atoms with Crippen LogP contribution in [0.3, 0.4) is 0 Å². The Hall–Kier alpha value is -1.90. The Morgan fingerprint density at radius 3 is 2.50 bits per heavy atom. The Bertz CT molecular complexity index is 680. The molecule has 0 saturated heterocycles. The highest BCUT2D eigenvalue weighted by atomic mass is 16.1. The Kier molecular flexibility index (Phi) is 3.43. The van der Waals surface area contributed by atoms with Gasteiger partial charge in [0.25, 0.3) is 5.56 Å². The number of aromatic nitrogens is 2. The largest absolute Gasteiger partial charge is 0.306 e. The molecule has 3 heteroatoms. The van der Waals surface area contributed by atoms with E-state index in [2.05, 4.69) is 31.0 Å². The van der Waals surface area contributed by atoms with Gasteiger partial charge in [-0.05, 0) is 50.7 Å². The lowest BCUT2D eigenvalue weighted by Gasteiger charge is -2.11. The lowest BCUT2D eigenvalue weighted by molar-refractivity contribution is 0.708. The highest BCUT2D eigenvalue weighted by Crippen LogP contribution is 2.25. The standard InChI is InChI=1S/C17H20N2O/c1-11-7-6-8-12(2)15(11)16-18-14-10-5-3-4-9-13(14)17(20)19-16/h6-8H,3-5,9-10H2,1-2H3,(H,18,19,20). The van der Waals surface area contributed by atoms with Gasteiger partial charge in [0.1, 0.15) is 5.82 Å². The third-order valence-electron chi connectivity index (χ3n) is 4.16. The van der Waals surface area contributed by atoms with Crippen LogP contribution in [-0.4, -0.2) is 9.97 Å². The number of nitrogens with zero attached hydrogens (tertiary/aromatic N) is 1. The van der Waals surface area contributed by atoms with Crippen LogP contribution in [0.2, 0.25) is 0 Å². The molecule has 3 rings (SSSR count). The van der Waals surface area contributed by atoms with E-state index in [1.807, 2.05) is 6.07 Å². The van der Waals surface area contributed by atoms with Crippen LogP contribution in [0.25, 0.3) is 11.4 Å². The lowest BCUT2D eigenvalue weighted by atomic mass is 10.0. The molecule has 1 aromatic carbocycles. The summed E-state index contributed by atoms with van der Waals surface area (Å²) in [4.78, 5) is 20.1. The number of hydrogen-bond donors (Lipinski definition) is 1. The second kappa shape index (κ2) is 5.23. The van der Waals surface area contributed by atoms with Crippen molar-refractivity contribution in [1.29, 1.82) is 0 Å². The van der Waals surface area contributed by atoms with Gasteiger partial charge in [-0.15, -0.1) is 0 Å². The Morgan fingerprint density at radius 2 is 1.75 bits per heavy atom. The zero-order valence-corrected chi connectivity index (χ0v) is 12.1. The first-order valence-corrected chi connectivity index (χ1v) is 7.35. The van der Waals surface area contributed by atoms with Gasteiger partial charge < -0.3 is 4.98 Å². The van der Waals surface area contributed by atoms with Gasteiger partial charge in [0.15, 0.2) is 0 Å². The number of nitrogens with one attached hydrogen (secondary N) is 1. The monoisotopic (exact) mass is 268 g/mol. The van der Waals surface area contributed by atoms with Crippen LogP contribution in [0.15, 0.2) is 23.0 Å². The normalized spacial score (nSPS) is 14.7. The number of benzene rings is 1. The van der Waals surface area contributed by atoms with Crippen molar-refractivity contribution in [2.45, 2.75) is 46.0 Å². The molecule has 3 nitrogen and oxygen atoms in total. The van der Waals surface area contributed by atoms with Gasteiger partial charge in [-0.1, -0.05) is 24.6 Å². The van der Waals surface area contributed by atoms with Crippen molar-refractivity contribution in [2.75, 3.05) is 0 Å². The average molecular weight is 268 g/mol. The number of aryl methyl sites for hydroxylation is 3. The molecular formula is C17H20N2O. The molecule has 0 aliphatic heterocycles. The SMILES string of the molecule is Cc1cccc(C)c1-c1nc2c(c(=O)[nH]1)CCCCC2. The summed E-state index contributed by atoms with van der Waals surface area (Å²) < 4.78 is 0. The lowest BCUT2D eigenvalue weighted by Crippen LogP contribution is -2.18. The average Bonchev–Trinajstić information content (AvgIpc) is 2.64. The van der Waals surface area contributed by atoms with Crippen LogP contribution in [0.1, 0.15) is 41.6 Å². The van der Waals surface area contributed by atoms with Gasteiger partial charge >= 0.3 is 0 Å². The molecule has 1 aromatic heterocycles. The Balaban J connectivity index is 2.19. The molecule has 0 atom stereocenters. The molecule has 0 unspecified atom stereocenters. The number of aromatic amines is 1. The molecule has 2 aromatic rings. The maximum atomic E-state index is 12.3. The predicted octanol–water partition coefficient (Wildman–Crippen LogP) is 3.32. The third-order valence-corrected chi connectivity index (χ3v) is 4.16. The summed E-state index contributed by atoms with van der Waals surface area (Å²) in [6.07, 6.45) is 5.21. The van der Waals surface area contributed by atoms with Crippen LogP contribution >= 0.6 is 0 Å². The summed E-state index contributed by atoms with van der Waals surface area (Å²) in [5.41, 5.74) is 5.33. The summed E-state index contributed by atoms with van der Waals surface area (Å²) in [7, 11) is 0. The molecule has 0 saturated carbocycles. The van der Waals surface area contributed by atoms with Crippen molar-refractivity contribution >= 4 is 0 Å². The number of hydrogen-bond acceptors (Lipinski definition) is 2. The van der Waals surface area contributed by atoms with E-state index in [1.165, 1.54) is 6.42 Å².